The molecule has 0 amide bonds. The Balaban J connectivity index is 0.00000256. The minimum atomic E-state index is -3.73. The molecule has 1 saturated heterocycles. The minimum absolute atomic E-state index is 0. The second kappa shape index (κ2) is 9.55. The summed E-state index contributed by atoms with van der Waals surface area (Å²) in [5.74, 6) is 1.37. The van der Waals surface area contributed by atoms with E-state index in [1.54, 1.807) is 25.3 Å². The second-order valence-corrected chi connectivity index (χ2v) is 8.71. The van der Waals surface area contributed by atoms with Crippen LogP contribution < -0.4 is 19.5 Å². The molecular weight excluding hydrogens is 424 g/mol. The standard InChI is InChI=1S/C22H24N2O4S.ClH/c1-27-16-8-10-18(11-9-16)29(25,26)24-21-12-13-22(20-7-3-2-6-19(20)21)28-17-5-4-14-23-15-17;/h2-3,6-13,17,23-24H,4-5,14-15H2,1H3;1H. The number of rotatable bonds is 6. The maximum absolute atomic E-state index is 12.9. The summed E-state index contributed by atoms with van der Waals surface area (Å²) in [7, 11) is -2.18. The zero-order valence-corrected chi connectivity index (χ0v) is 18.3. The topological polar surface area (TPSA) is 76.7 Å². The first-order valence-corrected chi connectivity index (χ1v) is 11.1. The number of piperidine rings is 1. The van der Waals surface area contributed by atoms with E-state index in [0.29, 0.717) is 11.4 Å². The van der Waals surface area contributed by atoms with Gasteiger partial charge in [0.05, 0.1) is 17.7 Å². The monoisotopic (exact) mass is 448 g/mol. The number of fused-ring (bicyclic) bond motifs is 1. The van der Waals surface area contributed by atoms with E-state index in [1.165, 1.54) is 12.1 Å². The molecule has 4 rings (SSSR count). The number of hydrogen-bond donors (Lipinski definition) is 2. The summed E-state index contributed by atoms with van der Waals surface area (Å²) in [5.41, 5.74) is 0.519. The molecule has 0 saturated carbocycles. The van der Waals surface area contributed by atoms with E-state index in [4.69, 9.17) is 9.47 Å². The molecule has 160 valence electrons. The van der Waals surface area contributed by atoms with Crippen molar-refractivity contribution in [1.29, 1.82) is 0 Å². The van der Waals surface area contributed by atoms with Crippen molar-refractivity contribution < 1.29 is 17.9 Å². The van der Waals surface area contributed by atoms with Crippen molar-refractivity contribution in [3.63, 3.8) is 0 Å². The number of ether oxygens (including phenoxy) is 2. The summed E-state index contributed by atoms with van der Waals surface area (Å²) in [6.07, 6.45) is 2.21. The van der Waals surface area contributed by atoms with E-state index in [1.807, 2.05) is 30.3 Å². The van der Waals surface area contributed by atoms with Gasteiger partial charge in [0, 0.05) is 17.3 Å². The van der Waals surface area contributed by atoms with Gasteiger partial charge in [-0.05, 0) is 55.8 Å². The molecule has 1 aliphatic rings. The van der Waals surface area contributed by atoms with Crippen molar-refractivity contribution in [3.05, 3.63) is 60.7 Å². The zero-order chi connectivity index (χ0) is 20.3. The first-order valence-electron chi connectivity index (χ1n) is 9.63. The Morgan fingerprint density at radius 1 is 1.00 bits per heavy atom. The fourth-order valence-corrected chi connectivity index (χ4v) is 4.60. The SMILES string of the molecule is COc1ccc(S(=O)(=O)Nc2ccc(OC3CCCNC3)c3ccccc23)cc1.Cl. The average molecular weight is 449 g/mol. The van der Waals surface area contributed by atoms with Crippen molar-refractivity contribution in [2.24, 2.45) is 0 Å². The van der Waals surface area contributed by atoms with Crippen molar-refractivity contribution in [2.45, 2.75) is 23.8 Å². The number of hydrogen-bond acceptors (Lipinski definition) is 5. The number of sulfonamides is 1. The molecule has 0 bridgehead atoms. The summed E-state index contributed by atoms with van der Waals surface area (Å²) in [6, 6.07) is 17.6. The van der Waals surface area contributed by atoms with Gasteiger partial charge in [-0.3, -0.25) is 4.72 Å². The van der Waals surface area contributed by atoms with Crippen LogP contribution >= 0.6 is 12.4 Å². The van der Waals surface area contributed by atoms with Crippen molar-refractivity contribution in [3.8, 4) is 11.5 Å². The van der Waals surface area contributed by atoms with Crippen LogP contribution in [0.15, 0.2) is 65.6 Å². The highest BCUT2D eigenvalue weighted by atomic mass is 35.5. The molecular formula is C22H25ClN2O4S. The molecule has 0 radical (unpaired) electrons. The quantitative estimate of drug-likeness (QED) is 0.591. The number of methoxy groups -OCH3 is 1. The minimum Gasteiger partial charge on any atom is -0.497 e. The van der Waals surface area contributed by atoms with E-state index in [2.05, 4.69) is 10.0 Å². The Labute approximate surface area is 183 Å². The van der Waals surface area contributed by atoms with E-state index in [9.17, 15) is 8.42 Å². The molecule has 1 unspecified atom stereocenters. The van der Waals surface area contributed by atoms with Gasteiger partial charge in [-0.1, -0.05) is 24.3 Å². The Kier molecular flexibility index (Phi) is 7.07. The van der Waals surface area contributed by atoms with Crippen molar-refractivity contribution >= 4 is 38.9 Å². The molecule has 8 heteroatoms. The number of nitrogens with one attached hydrogen (secondary N) is 2. The number of benzene rings is 3. The first-order chi connectivity index (χ1) is 14.1. The van der Waals surface area contributed by atoms with Gasteiger partial charge in [0.25, 0.3) is 10.0 Å². The summed E-state index contributed by atoms with van der Waals surface area (Å²) >= 11 is 0. The number of anilines is 1. The summed E-state index contributed by atoms with van der Waals surface area (Å²) in [6.45, 7) is 1.84. The van der Waals surface area contributed by atoms with Gasteiger partial charge in [0.15, 0.2) is 0 Å². The fourth-order valence-electron chi connectivity index (χ4n) is 3.52. The Morgan fingerprint density at radius 2 is 1.73 bits per heavy atom. The summed E-state index contributed by atoms with van der Waals surface area (Å²) < 4.78 is 39.7. The van der Waals surface area contributed by atoms with E-state index in [-0.39, 0.29) is 23.4 Å². The van der Waals surface area contributed by atoms with Crippen LogP contribution in [0.5, 0.6) is 11.5 Å². The van der Waals surface area contributed by atoms with Gasteiger partial charge in [-0.15, -0.1) is 12.4 Å². The summed E-state index contributed by atoms with van der Waals surface area (Å²) in [4.78, 5) is 0.177. The third-order valence-corrected chi connectivity index (χ3v) is 6.42. The van der Waals surface area contributed by atoms with E-state index >= 15 is 0 Å². The van der Waals surface area contributed by atoms with Gasteiger partial charge in [0.1, 0.15) is 17.6 Å². The predicted octanol–water partition coefficient (Wildman–Crippen LogP) is 4.20. The lowest BCUT2D eigenvalue weighted by atomic mass is 10.1. The van der Waals surface area contributed by atoms with Gasteiger partial charge < -0.3 is 14.8 Å². The predicted molar refractivity (Wildman–Crippen MR) is 122 cm³/mol. The smallest absolute Gasteiger partial charge is 0.261 e. The maximum atomic E-state index is 12.9. The van der Waals surface area contributed by atoms with E-state index in [0.717, 1.165) is 42.5 Å². The molecule has 1 heterocycles. The first kappa shape index (κ1) is 22.2. The molecule has 1 atom stereocenters. The Bertz CT molecular complexity index is 1100. The molecule has 0 aliphatic carbocycles. The van der Waals surface area contributed by atoms with Crippen molar-refractivity contribution in [1.82, 2.24) is 5.32 Å². The third kappa shape index (κ3) is 4.80. The van der Waals surface area contributed by atoms with Crippen LogP contribution in [0.2, 0.25) is 0 Å². The van der Waals surface area contributed by atoms with Crippen LogP contribution in [0.1, 0.15) is 12.8 Å². The molecule has 3 aromatic rings. The van der Waals surface area contributed by atoms with Crippen molar-refractivity contribution in [2.75, 3.05) is 24.9 Å². The fraction of sp³-hybridized carbons (Fsp3) is 0.273. The molecule has 30 heavy (non-hydrogen) atoms. The highest BCUT2D eigenvalue weighted by Gasteiger charge is 2.19. The largest absolute Gasteiger partial charge is 0.497 e. The molecule has 0 aromatic heterocycles. The van der Waals surface area contributed by atoms with Gasteiger partial charge in [0.2, 0.25) is 0 Å². The normalized spacial score (nSPS) is 16.5. The Morgan fingerprint density at radius 3 is 2.40 bits per heavy atom. The summed E-state index contributed by atoms with van der Waals surface area (Å²) in [5, 5.41) is 5.03. The van der Waals surface area contributed by atoms with Gasteiger partial charge >= 0.3 is 0 Å². The molecule has 2 N–H and O–H groups in total. The lowest BCUT2D eigenvalue weighted by molar-refractivity contribution is 0.169. The van der Waals surface area contributed by atoms with Crippen LogP contribution in [-0.2, 0) is 10.0 Å². The molecule has 1 fully saturated rings. The Hall–Kier alpha value is -2.48. The van der Waals surface area contributed by atoms with Gasteiger partial charge in [-0.25, -0.2) is 8.42 Å². The molecule has 0 spiro atoms. The molecule has 3 aromatic carbocycles. The maximum Gasteiger partial charge on any atom is 0.261 e. The van der Waals surface area contributed by atoms with Crippen LogP contribution in [0.25, 0.3) is 10.8 Å². The molecule has 1 aliphatic heterocycles. The third-order valence-electron chi connectivity index (χ3n) is 5.04. The lowest BCUT2D eigenvalue weighted by Gasteiger charge is -2.25. The molecule has 6 nitrogen and oxygen atoms in total. The average Bonchev–Trinajstić information content (AvgIpc) is 2.76. The highest BCUT2D eigenvalue weighted by molar-refractivity contribution is 7.92. The number of halogens is 1. The van der Waals surface area contributed by atoms with Crippen LogP contribution in [0.4, 0.5) is 5.69 Å². The second-order valence-electron chi connectivity index (χ2n) is 7.02. The van der Waals surface area contributed by atoms with Crippen LogP contribution in [-0.4, -0.2) is 34.7 Å². The van der Waals surface area contributed by atoms with Crippen LogP contribution in [0, 0.1) is 0 Å². The zero-order valence-electron chi connectivity index (χ0n) is 16.6. The highest BCUT2D eigenvalue weighted by Crippen LogP contribution is 2.34. The van der Waals surface area contributed by atoms with Gasteiger partial charge in [-0.2, -0.15) is 0 Å². The lowest BCUT2D eigenvalue weighted by Crippen LogP contribution is -2.37. The van der Waals surface area contributed by atoms with E-state index < -0.39 is 10.0 Å². The van der Waals surface area contributed by atoms with Crippen LogP contribution in [0.3, 0.4) is 0 Å².